The second-order valence-electron chi connectivity index (χ2n) is 3.63. The maximum Gasteiger partial charge on any atom is 0.251 e. The molecule has 0 heterocycles. The first-order valence-corrected chi connectivity index (χ1v) is 7.03. The summed E-state index contributed by atoms with van der Waals surface area (Å²) in [5.74, 6) is -0.224. The Morgan fingerprint density at radius 2 is 2.06 bits per heavy atom. The summed E-state index contributed by atoms with van der Waals surface area (Å²) in [7, 11) is -3.06. The molecule has 1 amide bonds. The average molecular weight is 241 g/mol. The molecule has 1 aromatic rings. The van der Waals surface area contributed by atoms with E-state index in [1.54, 1.807) is 24.3 Å². The van der Waals surface area contributed by atoms with Crippen molar-refractivity contribution in [2.75, 3.05) is 12.8 Å². The maximum atomic E-state index is 11.5. The van der Waals surface area contributed by atoms with E-state index in [4.69, 9.17) is 0 Å². The van der Waals surface area contributed by atoms with Gasteiger partial charge in [0.25, 0.3) is 5.91 Å². The highest BCUT2D eigenvalue weighted by Crippen LogP contribution is 2.08. The molecule has 1 aromatic carbocycles. The predicted molar refractivity (Wildman–Crippen MR) is 63.0 cm³/mol. The zero-order chi connectivity index (χ0) is 12.2. The number of sulfone groups is 1. The molecule has 0 bridgehead atoms. The van der Waals surface area contributed by atoms with Crippen molar-refractivity contribution in [2.24, 2.45) is 0 Å². The van der Waals surface area contributed by atoms with E-state index >= 15 is 0 Å². The number of hydrogen-bond donors (Lipinski definition) is 1. The van der Waals surface area contributed by atoms with Crippen LogP contribution in [0, 0.1) is 0 Å². The van der Waals surface area contributed by atoms with E-state index in [-0.39, 0.29) is 11.7 Å². The summed E-state index contributed by atoms with van der Waals surface area (Å²) in [6.45, 7) is 2.38. The fraction of sp³-hybridized carbons (Fsp3) is 0.364. The third-order valence-electron chi connectivity index (χ3n) is 1.96. The lowest BCUT2D eigenvalue weighted by molar-refractivity contribution is 0.0955. The van der Waals surface area contributed by atoms with E-state index in [2.05, 4.69) is 5.32 Å². The molecule has 0 fully saturated rings. The zero-order valence-electron chi connectivity index (χ0n) is 9.36. The van der Waals surface area contributed by atoms with E-state index in [0.717, 1.165) is 0 Å². The van der Waals surface area contributed by atoms with Gasteiger partial charge in [-0.3, -0.25) is 4.79 Å². The number of carbonyl (C=O) groups is 1. The third-order valence-corrected chi connectivity index (χ3v) is 2.81. The number of amides is 1. The summed E-state index contributed by atoms with van der Waals surface area (Å²) >= 11 is 0. The summed E-state index contributed by atoms with van der Waals surface area (Å²) in [6, 6.07) is 6.65. The fourth-order valence-electron chi connectivity index (χ4n) is 1.37. The first kappa shape index (κ1) is 12.7. The van der Waals surface area contributed by atoms with Gasteiger partial charge in [-0.05, 0) is 24.6 Å². The van der Waals surface area contributed by atoms with E-state index in [9.17, 15) is 13.2 Å². The number of hydrogen-bond acceptors (Lipinski definition) is 3. The normalized spacial score (nSPS) is 11.1. The lowest BCUT2D eigenvalue weighted by Crippen LogP contribution is -2.22. The van der Waals surface area contributed by atoms with E-state index in [1.807, 2.05) is 6.92 Å². The van der Waals surface area contributed by atoms with Crippen LogP contribution in [0.15, 0.2) is 24.3 Å². The minimum absolute atomic E-state index is 0.0414. The van der Waals surface area contributed by atoms with Gasteiger partial charge in [-0.25, -0.2) is 8.42 Å². The van der Waals surface area contributed by atoms with Crippen molar-refractivity contribution in [3.05, 3.63) is 35.4 Å². The van der Waals surface area contributed by atoms with Crippen LogP contribution >= 0.6 is 0 Å². The highest BCUT2D eigenvalue weighted by atomic mass is 32.2. The van der Waals surface area contributed by atoms with Crippen molar-refractivity contribution in [1.82, 2.24) is 5.32 Å². The van der Waals surface area contributed by atoms with Gasteiger partial charge in [0.2, 0.25) is 0 Å². The number of rotatable bonds is 4. The molecule has 1 rings (SSSR count). The molecule has 16 heavy (non-hydrogen) atoms. The quantitative estimate of drug-likeness (QED) is 0.854. The molecule has 0 aliphatic heterocycles. The van der Waals surface area contributed by atoms with E-state index in [0.29, 0.717) is 17.7 Å². The molecule has 0 aromatic heterocycles. The van der Waals surface area contributed by atoms with Gasteiger partial charge < -0.3 is 5.32 Å². The predicted octanol–water partition coefficient (Wildman–Crippen LogP) is 0.981. The van der Waals surface area contributed by atoms with Gasteiger partial charge in [0, 0.05) is 18.4 Å². The molecule has 1 N–H and O–H groups in total. The SMILES string of the molecule is CCNC(=O)c1cccc(CS(C)(=O)=O)c1. The molecule has 0 aliphatic rings. The van der Waals surface area contributed by atoms with Crippen molar-refractivity contribution in [3.63, 3.8) is 0 Å². The van der Waals surface area contributed by atoms with Gasteiger partial charge >= 0.3 is 0 Å². The van der Waals surface area contributed by atoms with Gasteiger partial charge in [0.15, 0.2) is 9.84 Å². The van der Waals surface area contributed by atoms with Gasteiger partial charge in [0.1, 0.15) is 0 Å². The van der Waals surface area contributed by atoms with Crippen molar-refractivity contribution < 1.29 is 13.2 Å². The largest absolute Gasteiger partial charge is 0.352 e. The highest BCUT2D eigenvalue weighted by molar-refractivity contribution is 7.89. The molecule has 0 unspecified atom stereocenters. The molecule has 4 nitrogen and oxygen atoms in total. The minimum Gasteiger partial charge on any atom is -0.352 e. The summed E-state index contributed by atoms with van der Waals surface area (Å²) in [5.41, 5.74) is 1.12. The Balaban J connectivity index is 2.91. The monoisotopic (exact) mass is 241 g/mol. The smallest absolute Gasteiger partial charge is 0.251 e. The standard InChI is InChI=1S/C11H15NO3S/c1-3-12-11(13)10-6-4-5-9(7-10)8-16(2,14)15/h4-7H,3,8H2,1-2H3,(H,12,13). The average Bonchev–Trinajstić information content (AvgIpc) is 2.16. The molecule has 0 spiro atoms. The molecular formula is C11H15NO3S. The van der Waals surface area contributed by atoms with Crippen LogP contribution in [0.1, 0.15) is 22.8 Å². The lowest BCUT2D eigenvalue weighted by atomic mass is 10.1. The van der Waals surface area contributed by atoms with Crippen molar-refractivity contribution >= 4 is 15.7 Å². The Morgan fingerprint density at radius 1 is 1.38 bits per heavy atom. The number of benzene rings is 1. The minimum atomic E-state index is -3.06. The number of carbonyl (C=O) groups excluding carboxylic acids is 1. The second kappa shape index (κ2) is 5.12. The van der Waals surface area contributed by atoms with Crippen LogP contribution in [-0.4, -0.2) is 27.1 Å². The molecule has 0 saturated carbocycles. The molecule has 5 heteroatoms. The van der Waals surface area contributed by atoms with Gasteiger partial charge in [-0.2, -0.15) is 0 Å². The molecule has 0 saturated heterocycles. The topological polar surface area (TPSA) is 63.2 Å². The van der Waals surface area contributed by atoms with Crippen LogP contribution in [0.25, 0.3) is 0 Å². The van der Waals surface area contributed by atoms with Crippen LogP contribution in [0.3, 0.4) is 0 Å². The van der Waals surface area contributed by atoms with Crippen LogP contribution in [0.2, 0.25) is 0 Å². The van der Waals surface area contributed by atoms with Gasteiger partial charge in [-0.15, -0.1) is 0 Å². The van der Waals surface area contributed by atoms with Crippen molar-refractivity contribution in [2.45, 2.75) is 12.7 Å². The highest BCUT2D eigenvalue weighted by Gasteiger charge is 2.08. The Morgan fingerprint density at radius 3 is 2.62 bits per heavy atom. The first-order chi connectivity index (χ1) is 7.42. The van der Waals surface area contributed by atoms with Crippen LogP contribution in [0.4, 0.5) is 0 Å². The lowest BCUT2D eigenvalue weighted by Gasteiger charge is -2.04. The summed E-state index contributed by atoms with van der Waals surface area (Å²) in [4.78, 5) is 11.5. The Bertz CT molecular complexity index is 480. The van der Waals surface area contributed by atoms with Gasteiger partial charge in [-0.1, -0.05) is 12.1 Å². The Labute approximate surface area is 95.6 Å². The number of nitrogens with one attached hydrogen (secondary N) is 1. The fourth-order valence-corrected chi connectivity index (χ4v) is 2.15. The van der Waals surface area contributed by atoms with Gasteiger partial charge in [0.05, 0.1) is 5.75 Å². The molecule has 0 atom stereocenters. The maximum absolute atomic E-state index is 11.5. The van der Waals surface area contributed by atoms with Crippen molar-refractivity contribution in [3.8, 4) is 0 Å². The molecular weight excluding hydrogens is 226 g/mol. The second-order valence-corrected chi connectivity index (χ2v) is 5.77. The van der Waals surface area contributed by atoms with Crippen molar-refractivity contribution in [1.29, 1.82) is 0 Å². The summed E-state index contributed by atoms with van der Waals surface area (Å²) in [5, 5.41) is 2.66. The molecule has 0 aliphatic carbocycles. The zero-order valence-corrected chi connectivity index (χ0v) is 10.2. The molecule has 88 valence electrons. The van der Waals surface area contributed by atoms with Crippen LogP contribution in [0.5, 0.6) is 0 Å². The van der Waals surface area contributed by atoms with Crippen LogP contribution in [-0.2, 0) is 15.6 Å². The van der Waals surface area contributed by atoms with E-state index < -0.39 is 9.84 Å². The first-order valence-electron chi connectivity index (χ1n) is 4.97. The Kier molecular flexibility index (Phi) is 4.06. The third kappa shape index (κ3) is 4.02. The Hall–Kier alpha value is -1.36. The summed E-state index contributed by atoms with van der Waals surface area (Å²) in [6.07, 6.45) is 1.17. The molecule has 0 radical (unpaired) electrons. The van der Waals surface area contributed by atoms with Crippen LogP contribution < -0.4 is 5.32 Å². The van der Waals surface area contributed by atoms with E-state index in [1.165, 1.54) is 6.26 Å². The summed E-state index contributed by atoms with van der Waals surface area (Å²) < 4.78 is 22.2.